The summed E-state index contributed by atoms with van der Waals surface area (Å²) in [4.78, 5) is 0. The van der Waals surface area contributed by atoms with Gasteiger partial charge in [-0.1, -0.05) is 73.1 Å². The summed E-state index contributed by atoms with van der Waals surface area (Å²) in [6, 6.07) is 10.2. The fraction of sp³-hybridized carbons (Fsp3) is 0.700. The van der Waals surface area contributed by atoms with Crippen LogP contribution in [0.4, 0.5) is 5.69 Å². The van der Waals surface area contributed by atoms with Crippen molar-refractivity contribution in [3.05, 3.63) is 30.3 Å². The molecule has 2 N–H and O–H groups in total. The van der Waals surface area contributed by atoms with Crippen LogP contribution in [-0.2, 0) is 0 Å². The van der Waals surface area contributed by atoms with Crippen LogP contribution in [0.1, 0.15) is 82.1 Å². The maximum Gasteiger partial charge on any atom is 0.0589 e. The van der Waals surface area contributed by atoms with E-state index in [0.29, 0.717) is 0 Å². The van der Waals surface area contributed by atoms with Crippen LogP contribution in [0.5, 0.6) is 0 Å². The van der Waals surface area contributed by atoms with E-state index in [0.717, 1.165) is 13.0 Å². The molecule has 2 nitrogen and oxygen atoms in total. The second-order valence-corrected chi connectivity index (χ2v) is 4.77. The molecule has 0 atom stereocenters. The largest absolute Gasteiger partial charge is 0.390 e. The molecule has 0 unspecified atom stereocenters. The first kappa shape index (κ1) is 29.0. The number of aliphatic hydroxyl groups is 1. The molecule has 0 saturated heterocycles. The molecule has 0 aliphatic carbocycles. The summed E-state index contributed by atoms with van der Waals surface area (Å²) in [5.41, 5.74) is 0.736. The van der Waals surface area contributed by atoms with Crippen molar-refractivity contribution in [2.24, 2.45) is 0 Å². The Morgan fingerprint density at radius 3 is 1.41 bits per heavy atom. The van der Waals surface area contributed by atoms with E-state index in [4.69, 9.17) is 5.11 Å². The smallest absolute Gasteiger partial charge is 0.0589 e. The van der Waals surface area contributed by atoms with Crippen molar-refractivity contribution in [3.8, 4) is 0 Å². The number of nitrogens with one attached hydrogen (secondary N) is 1. The molecule has 0 saturated carbocycles. The first-order chi connectivity index (χ1) is 10.4. The van der Waals surface area contributed by atoms with E-state index in [1.165, 1.54) is 12.1 Å². The first-order valence-electron chi connectivity index (χ1n) is 8.92. The first-order valence-corrected chi connectivity index (χ1v) is 8.92. The molecule has 0 amide bonds. The molecular weight excluding hydrogens is 270 g/mol. The molecule has 1 aromatic carbocycles. The Morgan fingerprint density at radius 2 is 1.18 bits per heavy atom. The summed E-state index contributed by atoms with van der Waals surface area (Å²) in [5, 5.41) is 12.0. The van der Waals surface area contributed by atoms with Crippen molar-refractivity contribution in [3.63, 3.8) is 0 Å². The van der Waals surface area contributed by atoms with Crippen LogP contribution in [0.3, 0.4) is 0 Å². The van der Waals surface area contributed by atoms with Crippen molar-refractivity contribution < 1.29 is 5.11 Å². The van der Waals surface area contributed by atoms with Gasteiger partial charge in [0, 0.05) is 12.2 Å². The quantitative estimate of drug-likeness (QED) is 0.646. The summed E-state index contributed by atoms with van der Waals surface area (Å²) in [6.45, 7) is 20.9. The number of anilines is 1. The maximum absolute atomic E-state index is 8.83. The van der Waals surface area contributed by atoms with E-state index in [1.54, 1.807) is 13.8 Å². The van der Waals surface area contributed by atoms with Gasteiger partial charge in [0.2, 0.25) is 0 Å². The SMILES string of the molecule is CC.CC.CCC.CCC(C)(C)O.CCNc1ccccc1. The molecule has 22 heavy (non-hydrogen) atoms. The highest BCUT2D eigenvalue weighted by Crippen LogP contribution is 2.03. The molecule has 2 heteroatoms. The average Bonchev–Trinajstić information content (AvgIpc) is 2.53. The molecule has 0 spiro atoms. The van der Waals surface area contributed by atoms with Crippen molar-refractivity contribution >= 4 is 5.69 Å². The van der Waals surface area contributed by atoms with Gasteiger partial charge in [-0.3, -0.25) is 0 Å². The second kappa shape index (κ2) is 25.0. The lowest BCUT2D eigenvalue weighted by Gasteiger charge is -2.11. The maximum atomic E-state index is 8.83. The molecule has 1 rings (SSSR count). The van der Waals surface area contributed by atoms with Gasteiger partial charge < -0.3 is 10.4 Å². The fourth-order valence-electron chi connectivity index (χ4n) is 0.760. The number of hydrogen-bond acceptors (Lipinski definition) is 2. The minimum absolute atomic E-state index is 0.458. The summed E-state index contributed by atoms with van der Waals surface area (Å²) < 4.78 is 0. The third-order valence-corrected chi connectivity index (χ3v) is 2.02. The van der Waals surface area contributed by atoms with Crippen LogP contribution in [-0.4, -0.2) is 17.3 Å². The minimum atomic E-state index is -0.458. The summed E-state index contributed by atoms with van der Waals surface area (Å²) >= 11 is 0. The molecule has 0 aromatic heterocycles. The molecule has 0 bridgehead atoms. The normalized spacial score (nSPS) is 8.32. The van der Waals surface area contributed by atoms with E-state index in [-0.39, 0.29) is 0 Å². The summed E-state index contributed by atoms with van der Waals surface area (Å²) in [6.07, 6.45) is 2.08. The lowest BCUT2D eigenvalue weighted by Crippen LogP contribution is -2.15. The molecule has 0 heterocycles. The molecule has 134 valence electrons. The molecule has 1 aromatic rings. The number of para-hydroxylation sites is 1. The van der Waals surface area contributed by atoms with Gasteiger partial charge in [-0.15, -0.1) is 0 Å². The molecule has 0 radical (unpaired) electrons. The monoisotopic (exact) mass is 313 g/mol. The van der Waals surface area contributed by atoms with Crippen molar-refractivity contribution in [1.82, 2.24) is 0 Å². The topological polar surface area (TPSA) is 32.3 Å². The van der Waals surface area contributed by atoms with E-state index >= 15 is 0 Å². The minimum Gasteiger partial charge on any atom is -0.390 e. The van der Waals surface area contributed by atoms with Crippen LogP contribution in [0, 0.1) is 0 Å². The second-order valence-electron chi connectivity index (χ2n) is 4.77. The zero-order chi connectivity index (χ0) is 18.4. The zero-order valence-electron chi connectivity index (χ0n) is 17.0. The zero-order valence-corrected chi connectivity index (χ0v) is 17.0. The van der Waals surface area contributed by atoms with E-state index in [2.05, 4.69) is 38.2 Å². The van der Waals surface area contributed by atoms with Gasteiger partial charge >= 0.3 is 0 Å². The summed E-state index contributed by atoms with van der Waals surface area (Å²) in [7, 11) is 0. The lowest BCUT2D eigenvalue weighted by molar-refractivity contribution is 0.0765. The highest BCUT2D eigenvalue weighted by atomic mass is 16.3. The van der Waals surface area contributed by atoms with Gasteiger partial charge in [0.25, 0.3) is 0 Å². The Balaban J connectivity index is -0.000000109. The molecule has 0 aliphatic rings. The Kier molecular flexibility index (Phi) is 33.0. The van der Waals surface area contributed by atoms with Gasteiger partial charge in [-0.25, -0.2) is 0 Å². The van der Waals surface area contributed by atoms with Gasteiger partial charge in [-0.2, -0.15) is 0 Å². The highest BCUT2D eigenvalue weighted by molar-refractivity contribution is 5.41. The van der Waals surface area contributed by atoms with Gasteiger partial charge in [-0.05, 0) is 39.3 Å². The fourth-order valence-corrected chi connectivity index (χ4v) is 0.760. The van der Waals surface area contributed by atoms with Crippen LogP contribution in [0.15, 0.2) is 30.3 Å². The molecular formula is C20H43NO. The molecule has 0 fully saturated rings. The number of hydrogen-bond donors (Lipinski definition) is 2. The Bertz CT molecular complexity index is 252. The lowest BCUT2D eigenvalue weighted by atomic mass is 10.1. The van der Waals surface area contributed by atoms with Crippen LogP contribution >= 0.6 is 0 Å². The van der Waals surface area contributed by atoms with Gasteiger partial charge in [0.15, 0.2) is 0 Å². The highest BCUT2D eigenvalue weighted by Gasteiger charge is 2.05. The van der Waals surface area contributed by atoms with Crippen molar-refractivity contribution in [1.29, 1.82) is 0 Å². The predicted octanol–water partition coefficient (Wildman–Crippen LogP) is 6.75. The standard InChI is InChI=1S/C8H11N.C5H12O.C3H8.2C2H6/c1-2-9-8-6-4-3-5-7-8;1-4-5(2,3)6;1-3-2;2*1-2/h3-7,9H,2H2,1H3;6H,4H2,1-3H3;3H2,1-2H3;2*1-2H3. The Hall–Kier alpha value is -1.02. The average molecular weight is 314 g/mol. The Morgan fingerprint density at radius 1 is 0.864 bits per heavy atom. The van der Waals surface area contributed by atoms with Gasteiger partial charge in [0.05, 0.1) is 5.60 Å². The summed E-state index contributed by atoms with van der Waals surface area (Å²) in [5.74, 6) is 0. The van der Waals surface area contributed by atoms with Crippen LogP contribution in [0.25, 0.3) is 0 Å². The van der Waals surface area contributed by atoms with Crippen molar-refractivity contribution in [2.45, 2.75) is 87.7 Å². The van der Waals surface area contributed by atoms with Crippen molar-refractivity contribution in [2.75, 3.05) is 11.9 Å². The van der Waals surface area contributed by atoms with E-state index in [1.807, 2.05) is 52.8 Å². The third-order valence-electron chi connectivity index (χ3n) is 2.02. The predicted molar refractivity (Wildman–Crippen MR) is 106 cm³/mol. The van der Waals surface area contributed by atoms with E-state index in [9.17, 15) is 0 Å². The third kappa shape index (κ3) is 36.4. The van der Waals surface area contributed by atoms with Crippen LogP contribution in [0.2, 0.25) is 0 Å². The van der Waals surface area contributed by atoms with E-state index < -0.39 is 5.60 Å². The van der Waals surface area contributed by atoms with Crippen LogP contribution < -0.4 is 5.32 Å². The molecule has 0 aliphatic heterocycles. The number of benzene rings is 1. The Labute approximate surface area is 141 Å². The number of rotatable bonds is 3. The van der Waals surface area contributed by atoms with Gasteiger partial charge in [0.1, 0.15) is 0 Å².